The van der Waals surface area contributed by atoms with Crippen molar-refractivity contribution < 1.29 is 26.7 Å². The molecule has 1 atom stereocenters. The third-order valence-electron chi connectivity index (χ3n) is 5.05. The number of nitrogens with one attached hydrogen (secondary N) is 1. The lowest BCUT2D eigenvalue weighted by atomic mass is 10.1. The van der Waals surface area contributed by atoms with Gasteiger partial charge in [0.1, 0.15) is 17.4 Å². The number of rotatable bonds is 5. The molecule has 3 aromatic carbocycles. The van der Waals surface area contributed by atoms with Crippen molar-refractivity contribution >= 4 is 21.6 Å². The van der Waals surface area contributed by atoms with Gasteiger partial charge in [-0.2, -0.15) is 0 Å². The standard InChI is InChI=1S/C23H20F2N2O4S/c1-15-23(28)27(13-16-2-4-18(24)5-3-16)14-17-12-20(8-11-22(17)31-15)26-32(29,30)21-9-6-19(25)7-10-21/h2-12,15,26H,13-14H2,1H3/t15-/m0/s1. The number of amides is 1. The van der Waals surface area contributed by atoms with Crippen molar-refractivity contribution in [2.45, 2.75) is 31.0 Å². The fourth-order valence-corrected chi connectivity index (χ4v) is 4.48. The zero-order valence-electron chi connectivity index (χ0n) is 17.1. The lowest BCUT2D eigenvalue weighted by Gasteiger charge is -2.22. The van der Waals surface area contributed by atoms with Crippen LogP contribution in [0.2, 0.25) is 0 Å². The van der Waals surface area contributed by atoms with Gasteiger partial charge >= 0.3 is 0 Å². The Labute approximate surface area is 184 Å². The van der Waals surface area contributed by atoms with Gasteiger partial charge in [-0.25, -0.2) is 17.2 Å². The lowest BCUT2D eigenvalue weighted by Crippen LogP contribution is -2.37. The first-order chi connectivity index (χ1) is 15.2. The summed E-state index contributed by atoms with van der Waals surface area (Å²) in [6, 6.07) is 15.1. The maximum atomic E-state index is 13.2. The number of benzene rings is 3. The predicted octanol–water partition coefficient (Wildman–Crippen LogP) is 4.08. The SMILES string of the molecule is C[C@@H]1Oc2ccc(NS(=O)(=O)c3ccc(F)cc3)cc2CN(Cc2ccc(F)cc2)C1=O. The van der Waals surface area contributed by atoms with E-state index in [0.717, 1.165) is 17.7 Å². The number of nitrogens with zero attached hydrogens (tertiary/aromatic N) is 1. The molecular formula is C23H20F2N2O4S. The molecule has 0 unspecified atom stereocenters. The number of hydrogen-bond donors (Lipinski definition) is 1. The summed E-state index contributed by atoms with van der Waals surface area (Å²) in [5.74, 6) is -0.668. The molecule has 166 valence electrons. The van der Waals surface area contributed by atoms with Crippen molar-refractivity contribution in [2.24, 2.45) is 0 Å². The van der Waals surface area contributed by atoms with E-state index in [1.807, 2.05) is 0 Å². The Bertz CT molecular complexity index is 1250. The first-order valence-electron chi connectivity index (χ1n) is 9.82. The van der Waals surface area contributed by atoms with Crippen molar-refractivity contribution in [2.75, 3.05) is 4.72 Å². The molecule has 32 heavy (non-hydrogen) atoms. The molecule has 0 radical (unpaired) electrons. The van der Waals surface area contributed by atoms with Crippen LogP contribution in [0.5, 0.6) is 5.75 Å². The van der Waals surface area contributed by atoms with E-state index in [2.05, 4.69) is 4.72 Å². The van der Waals surface area contributed by atoms with Crippen molar-refractivity contribution in [3.05, 3.63) is 89.5 Å². The van der Waals surface area contributed by atoms with Crippen LogP contribution in [0.1, 0.15) is 18.1 Å². The average Bonchev–Trinajstić information content (AvgIpc) is 2.86. The van der Waals surface area contributed by atoms with Gasteiger partial charge in [-0.1, -0.05) is 12.1 Å². The number of halogens is 2. The summed E-state index contributed by atoms with van der Waals surface area (Å²) >= 11 is 0. The number of carbonyl (C=O) groups excluding carboxylic acids is 1. The zero-order chi connectivity index (χ0) is 22.9. The quantitative estimate of drug-likeness (QED) is 0.625. The number of hydrogen-bond acceptors (Lipinski definition) is 4. The first kappa shape index (κ1) is 21.8. The van der Waals surface area contributed by atoms with E-state index >= 15 is 0 Å². The molecule has 6 nitrogen and oxygen atoms in total. The number of carbonyl (C=O) groups is 1. The lowest BCUT2D eigenvalue weighted by molar-refractivity contribution is -0.138. The van der Waals surface area contributed by atoms with E-state index in [0.29, 0.717) is 11.3 Å². The minimum absolute atomic E-state index is 0.0770. The molecule has 1 heterocycles. The molecule has 0 saturated heterocycles. The van der Waals surface area contributed by atoms with Crippen molar-refractivity contribution in [3.8, 4) is 5.75 Å². The van der Waals surface area contributed by atoms with Crippen LogP contribution in [0.25, 0.3) is 0 Å². The third kappa shape index (κ3) is 4.72. The highest BCUT2D eigenvalue weighted by atomic mass is 32.2. The normalized spacial score (nSPS) is 16.2. The summed E-state index contributed by atoms with van der Waals surface area (Å²) in [4.78, 5) is 14.3. The van der Waals surface area contributed by atoms with Gasteiger partial charge in [-0.3, -0.25) is 9.52 Å². The maximum Gasteiger partial charge on any atom is 0.263 e. The molecule has 1 amide bonds. The molecule has 0 aromatic heterocycles. The van der Waals surface area contributed by atoms with Gasteiger partial charge in [0.2, 0.25) is 0 Å². The van der Waals surface area contributed by atoms with Crippen molar-refractivity contribution in [3.63, 3.8) is 0 Å². The second-order valence-corrected chi connectivity index (χ2v) is 9.15. The summed E-state index contributed by atoms with van der Waals surface area (Å²) in [5.41, 5.74) is 1.65. The Morgan fingerprint density at radius 3 is 2.28 bits per heavy atom. The fourth-order valence-electron chi connectivity index (χ4n) is 3.43. The second-order valence-electron chi connectivity index (χ2n) is 7.46. The maximum absolute atomic E-state index is 13.2. The average molecular weight is 458 g/mol. The first-order valence-corrected chi connectivity index (χ1v) is 11.3. The van der Waals surface area contributed by atoms with E-state index in [1.165, 1.54) is 30.3 Å². The Morgan fingerprint density at radius 2 is 1.62 bits per heavy atom. The molecule has 0 fully saturated rings. The molecule has 1 N–H and O–H groups in total. The number of ether oxygens (including phenoxy) is 1. The van der Waals surface area contributed by atoms with E-state index in [1.54, 1.807) is 36.1 Å². The highest BCUT2D eigenvalue weighted by Crippen LogP contribution is 2.30. The van der Waals surface area contributed by atoms with Gasteiger partial charge in [0.25, 0.3) is 15.9 Å². The molecule has 0 aliphatic carbocycles. The van der Waals surface area contributed by atoms with Gasteiger partial charge in [-0.05, 0) is 67.1 Å². The van der Waals surface area contributed by atoms with E-state index < -0.39 is 21.9 Å². The molecule has 0 spiro atoms. The number of anilines is 1. The highest BCUT2D eigenvalue weighted by molar-refractivity contribution is 7.92. The van der Waals surface area contributed by atoms with Gasteiger partial charge in [0.05, 0.1) is 4.90 Å². The van der Waals surface area contributed by atoms with Crippen LogP contribution in [0, 0.1) is 11.6 Å². The second kappa shape index (κ2) is 8.58. The Hall–Kier alpha value is -3.46. The topological polar surface area (TPSA) is 75.7 Å². The summed E-state index contributed by atoms with van der Waals surface area (Å²) < 4.78 is 59.8. The Kier molecular flexibility index (Phi) is 5.84. The van der Waals surface area contributed by atoms with E-state index in [9.17, 15) is 22.0 Å². The van der Waals surface area contributed by atoms with Crippen LogP contribution < -0.4 is 9.46 Å². The van der Waals surface area contributed by atoms with Gasteiger partial charge in [0, 0.05) is 24.3 Å². The van der Waals surface area contributed by atoms with Gasteiger partial charge < -0.3 is 9.64 Å². The summed E-state index contributed by atoms with van der Waals surface area (Å²) in [7, 11) is -3.93. The third-order valence-corrected chi connectivity index (χ3v) is 6.44. The summed E-state index contributed by atoms with van der Waals surface area (Å²) in [6.45, 7) is 2.07. The Morgan fingerprint density at radius 1 is 1.00 bits per heavy atom. The van der Waals surface area contributed by atoms with Crippen molar-refractivity contribution in [1.29, 1.82) is 0 Å². The molecule has 1 aliphatic rings. The molecule has 3 aromatic rings. The van der Waals surface area contributed by atoms with Crippen molar-refractivity contribution in [1.82, 2.24) is 4.90 Å². The van der Waals surface area contributed by atoms with Gasteiger partial charge in [0.15, 0.2) is 6.10 Å². The molecular weight excluding hydrogens is 438 g/mol. The minimum atomic E-state index is -3.93. The molecule has 0 saturated carbocycles. The smallest absolute Gasteiger partial charge is 0.263 e. The van der Waals surface area contributed by atoms with Crippen LogP contribution in [-0.4, -0.2) is 25.3 Å². The molecule has 4 rings (SSSR count). The molecule has 9 heteroatoms. The number of fused-ring (bicyclic) bond motifs is 1. The summed E-state index contributed by atoms with van der Waals surface area (Å²) in [5, 5.41) is 0. The molecule has 1 aliphatic heterocycles. The number of sulfonamides is 1. The highest BCUT2D eigenvalue weighted by Gasteiger charge is 2.28. The van der Waals surface area contributed by atoms with Crippen LogP contribution in [0.4, 0.5) is 14.5 Å². The molecule has 0 bridgehead atoms. The minimum Gasteiger partial charge on any atom is -0.481 e. The zero-order valence-corrected chi connectivity index (χ0v) is 17.9. The van der Waals surface area contributed by atoms with Crippen LogP contribution in [0.15, 0.2) is 71.6 Å². The van der Waals surface area contributed by atoms with E-state index in [-0.39, 0.29) is 35.4 Å². The predicted molar refractivity (Wildman–Crippen MR) is 114 cm³/mol. The Balaban J connectivity index is 1.60. The van der Waals surface area contributed by atoms with Crippen LogP contribution >= 0.6 is 0 Å². The van der Waals surface area contributed by atoms with Gasteiger partial charge in [-0.15, -0.1) is 0 Å². The monoisotopic (exact) mass is 458 g/mol. The fraction of sp³-hybridized carbons (Fsp3) is 0.174. The van der Waals surface area contributed by atoms with Crippen LogP contribution in [0.3, 0.4) is 0 Å². The summed E-state index contributed by atoms with van der Waals surface area (Å²) in [6.07, 6.45) is -0.738. The largest absolute Gasteiger partial charge is 0.481 e. The van der Waals surface area contributed by atoms with E-state index in [4.69, 9.17) is 4.74 Å². The van der Waals surface area contributed by atoms with Crippen LogP contribution in [-0.2, 0) is 27.9 Å².